The summed E-state index contributed by atoms with van der Waals surface area (Å²) in [6.45, 7) is 0. The van der Waals surface area contributed by atoms with E-state index in [1.54, 1.807) is 0 Å². The Morgan fingerprint density at radius 1 is 1.39 bits per heavy atom. The monoisotopic (exact) mass is 250 g/mol. The molecule has 0 spiro atoms. The summed E-state index contributed by atoms with van der Waals surface area (Å²) in [5.74, 6) is -1.34. The highest BCUT2D eigenvalue weighted by Crippen LogP contribution is 2.16. The maximum atomic E-state index is 13.2. The normalized spacial score (nSPS) is 10.7. The lowest BCUT2D eigenvalue weighted by Gasteiger charge is -2.04. The van der Waals surface area contributed by atoms with Crippen molar-refractivity contribution in [2.75, 3.05) is 0 Å². The Bertz CT molecular complexity index is 651. The van der Waals surface area contributed by atoms with Gasteiger partial charge in [-0.3, -0.25) is 9.59 Å². The minimum Gasteiger partial charge on any atom is -0.481 e. The first-order chi connectivity index (χ1) is 8.58. The SMILES string of the molecule is O=C(O)CCCc1n[nH]c(=O)c2ccc(F)cc12. The molecule has 0 aliphatic carbocycles. The molecule has 1 heterocycles. The first-order valence-corrected chi connectivity index (χ1v) is 5.46. The molecule has 0 unspecified atom stereocenters. The Morgan fingerprint density at radius 3 is 2.89 bits per heavy atom. The number of aryl methyl sites for hydroxylation is 1. The van der Waals surface area contributed by atoms with Crippen molar-refractivity contribution in [1.82, 2.24) is 10.2 Å². The van der Waals surface area contributed by atoms with E-state index < -0.39 is 11.8 Å². The molecule has 0 atom stereocenters. The van der Waals surface area contributed by atoms with E-state index in [9.17, 15) is 14.0 Å². The van der Waals surface area contributed by atoms with Crippen molar-refractivity contribution in [1.29, 1.82) is 0 Å². The van der Waals surface area contributed by atoms with Gasteiger partial charge in [-0.15, -0.1) is 0 Å². The average molecular weight is 250 g/mol. The first-order valence-electron chi connectivity index (χ1n) is 5.46. The number of carbonyl (C=O) groups is 1. The third kappa shape index (κ3) is 2.53. The van der Waals surface area contributed by atoms with Crippen LogP contribution in [0.1, 0.15) is 18.5 Å². The van der Waals surface area contributed by atoms with Gasteiger partial charge in [0.1, 0.15) is 5.82 Å². The van der Waals surface area contributed by atoms with Gasteiger partial charge in [0, 0.05) is 11.8 Å². The molecule has 2 aromatic rings. The van der Waals surface area contributed by atoms with Crippen molar-refractivity contribution in [3.05, 3.63) is 40.1 Å². The third-order valence-corrected chi connectivity index (χ3v) is 2.63. The van der Waals surface area contributed by atoms with Crippen molar-refractivity contribution in [2.45, 2.75) is 19.3 Å². The summed E-state index contributed by atoms with van der Waals surface area (Å²) in [6, 6.07) is 3.85. The second-order valence-corrected chi connectivity index (χ2v) is 3.94. The number of aliphatic carboxylic acids is 1. The topological polar surface area (TPSA) is 83.0 Å². The lowest BCUT2D eigenvalue weighted by Crippen LogP contribution is -2.11. The Hall–Kier alpha value is -2.24. The quantitative estimate of drug-likeness (QED) is 0.860. The van der Waals surface area contributed by atoms with Gasteiger partial charge < -0.3 is 5.11 Å². The van der Waals surface area contributed by atoms with E-state index in [-0.39, 0.29) is 12.0 Å². The van der Waals surface area contributed by atoms with Crippen molar-refractivity contribution in [2.24, 2.45) is 0 Å². The zero-order valence-corrected chi connectivity index (χ0v) is 9.44. The van der Waals surface area contributed by atoms with Crippen molar-refractivity contribution in [3.63, 3.8) is 0 Å². The molecule has 1 aromatic carbocycles. The maximum Gasteiger partial charge on any atom is 0.303 e. The number of hydrogen-bond donors (Lipinski definition) is 2. The number of aromatic amines is 1. The molecule has 0 radical (unpaired) electrons. The number of hydrogen-bond acceptors (Lipinski definition) is 3. The molecule has 0 aliphatic rings. The number of carboxylic acids is 1. The van der Waals surface area contributed by atoms with Crippen molar-refractivity contribution < 1.29 is 14.3 Å². The summed E-state index contributed by atoms with van der Waals surface area (Å²) in [7, 11) is 0. The van der Waals surface area contributed by atoms with Crippen LogP contribution in [0.15, 0.2) is 23.0 Å². The standard InChI is InChI=1S/C12H11FN2O3/c13-7-4-5-8-9(6-7)10(14-15-12(8)18)2-1-3-11(16)17/h4-6H,1-3H2,(H,15,18)(H,16,17). The van der Waals surface area contributed by atoms with E-state index in [1.165, 1.54) is 18.2 Å². The number of fused-ring (bicyclic) bond motifs is 1. The molecule has 94 valence electrons. The van der Waals surface area contributed by atoms with Gasteiger partial charge in [0.2, 0.25) is 0 Å². The number of benzene rings is 1. The molecule has 5 nitrogen and oxygen atoms in total. The number of halogens is 1. The van der Waals surface area contributed by atoms with Gasteiger partial charge in [-0.25, -0.2) is 9.49 Å². The molecule has 2 N–H and O–H groups in total. The minimum atomic E-state index is -0.894. The second-order valence-electron chi connectivity index (χ2n) is 3.94. The highest BCUT2D eigenvalue weighted by atomic mass is 19.1. The third-order valence-electron chi connectivity index (χ3n) is 2.63. The number of H-pyrrole nitrogens is 1. The van der Waals surface area contributed by atoms with Gasteiger partial charge in [0.25, 0.3) is 5.56 Å². The van der Waals surface area contributed by atoms with E-state index in [4.69, 9.17) is 5.11 Å². The number of nitrogens with one attached hydrogen (secondary N) is 1. The lowest BCUT2D eigenvalue weighted by atomic mass is 10.1. The molecule has 18 heavy (non-hydrogen) atoms. The van der Waals surface area contributed by atoms with Crippen LogP contribution in [0.2, 0.25) is 0 Å². The van der Waals surface area contributed by atoms with Crippen LogP contribution < -0.4 is 5.56 Å². The molecule has 6 heteroatoms. The van der Waals surface area contributed by atoms with Crippen LogP contribution >= 0.6 is 0 Å². The van der Waals surface area contributed by atoms with E-state index in [2.05, 4.69) is 10.2 Å². The molecular weight excluding hydrogens is 239 g/mol. The zero-order chi connectivity index (χ0) is 13.1. The summed E-state index contributed by atoms with van der Waals surface area (Å²) in [5, 5.41) is 15.5. The van der Waals surface area contributed by atoms with Crippen molar-refractivity contribution in [3.8, 4) is 0 Å². The fourth-order valence-electron chi connectivity index (χ4n) is 1.79. The van der Waals surface area contributed by atoms with Gasteiger partial charge >= 0.3 is 5.97 Å². The van der Waals surface area contributed by atoms with E-state index in [0.29, 0.717) is 29.3 Å². The van der Waals surface area contributed by atoms with E-state index in [0.717, 1.165) is 0 Å². The number of carboxylic acid groups (broad SMARTS) is 1. The summed E-state index contributed by atoms with van der Waals surface area (Å²) in [4.78, 5) is 21.9. The molecule has 0 aliphatic heterocycles. The smallest absolute Gasteiger partial charge is 0.303 e. The van der Waals surface area contributed by atoms with Crippen LogP contribution in [-0.4, -0.2) is 21.3 Å². The molecule has 0 amide bonds. The fraction of sp³-hybridized carbons (Fsp3) is 0.250. The lowest BCUT2D eigenvalue weighted by molar-refractivity contribution is -0.137. The predicted molar refractivity (Wildman–Crippen MR) is 62.9 cm³/mol. The minimum absolute atomic E-state index is 0.0115. The molecule has 0 saturated carbocycles. The number of aromatic nitrogens is 2. The summed E-state index contributed by atoms with van der Waals surface area (Å²) < 4.78 is 13.2. The highest BCUT2D eigenvalue weighted by molar-refractivity contribution is 5.83. The van der Waals surface area contributed by atoms with Crippen LogP contribution in [0, 0.1) is 5.82 Å². The van der Waals surface area contributed by atoms with E-state index >= 15 is 0 Å². The van der Waals surface area contributed by atoms with Crippen LogP contribution in [-0.2, 0) is 11.2 Å². The molecular formula is C12H11FN2O3. The molecule has 0 bridgehead atoms. The largest absolute Gasteiger partial charge is 0.481 e. The molecule has 0 saturated heterocycles. The molecule has 1 aromatic heterocycles. The van der Waals surface area contributed by atoms with Crippen LogP contribution in [0.3, 0.4) is 0 Å². The second kappa shape index (κ2) is 4.95. The van der Waals surface area contributed by atoms with Gasteiger partial charge in [0.05, 0.1) is 11.1 Å². The summed E-state index contributed by atoms with van der Waals surface area (Å²) >= 11 is 0. The Morgan fingerprint density at radius 2 is 2.17 bits per heavy atom. The Kier molecular flexibility index (Phi) is 3.36. The van der Waals surface area contributed by atoms with Gasteiger partial charge in [-0.05, 0) is 31.0 Å². The van der Waals surface area contributed by atoms with Gasteiger partial charge in [0.15, 0.2) is 0 Å². The van der Waals surface area contributed by atoms with Gasteiger partial charge in [-0.2, -0.15) is 5.10 Å². The highest BCUT2D eigenvalue weighted by Gasteiger charge is 2.08. The molecule has 0 fully saturated rings. The van der Waals surface area contributed by atoms with Crippen molar-refractivity contribution >= 4 is 16.7 Å². The Labute approximate surface area is 101 Å². The van der Waals surface area contributed by atoms with Crippen LogP contribution in [0.5, 0.6) is 0 Å². The zero-order valence-electron chi connectivity index (χ0n) is 9.44. The number of nitrogens with zero attached hydrogens (tertiary/aromatic N) is 1. The predicted octanol–water partition coefficient (Wildman–Crippen LogP) is 1.47. The van der Waals surface area contributed by atoms with Gasteiger partial charge in [-0.1, -0.05) is 0 Å². The van der Waals surface area contributed by atoms with Crippen LogP contribution in [0.25, 0.3) is 10.8 Å². The maximum absolute atomic E-state index is 13.2. The summed E-state index contributed by atoms with van der Waals surface area (Å²) in [5.41, 5.74) is 0.123. The summed E-state index contributed by atoms with van der Waals surface area (Å²) in [6.07, 6.45) is 0.778. The van der Waals surface area contributed by atoms with E-state index in [1.807, 2.05) is 0 Å². The Balaban J connectivity index is 2.38. The first kappa shape index (κ1) is 12.2. The molecule has 2 rings (SSSR count). The average Bonchev–Trinajstić information content (AvgIpc) is 2.31. The fourth-order valence-corrected chi connectivity index (χ4v) is 1.79. The number of rotatable bonds is 4. The van der Waals surface area contributed by atoms with Crippen LogP contribution in [0.4, 0.5) is 4.39 Å².